The molecule has 2 aromatic rings. The molecule has 1 aromatic carbocycles. The van der Waals surface area contributed by atoms with Gasteiger partial charge in [-0.2, -0.15) is 5.10 Å². The minimum absolute atomic E-state index is 0.0579. The second-order valence-corrected chi connectivity index (χ2v) is 6.22. The first-order valence-electron chi connectivity index (χ1n) is 7.11. The van der Waals surface area contributed by atoms with Crippen molar-refractivity contribution >= 4 is 17.7 Å². The van der Waals surface area contributed by atoms with Gasteiger partial charge in [0.05, 0.1) is 23.8 Å². The van der Waals surface area contributed by atoms with Gasteiger partial charge in [0.2, 0.25) is 0 Å². The highest BCUT2D eigenvalue weighted by molar-refractivity contribution is 7.98. The number of halogens is 1. The van der Waals surface area contributed by atoms with Crippen LogP contribution in [-0.4, -0.2) is 47.3 Å². The number of morpholine rings is 1. The second kappa shape index (κ2) is 5.40. The molecule has 22 heavy (non-hydrogen) atoms. The number of aromatic nitrogens is 2. The van der Waals surface area contributed by atoms with Gasteiger partial charge in [-0.05, 0) is 6.07 Å². The SMILES string of the molecule is O=C(c1[nH]nc2c1CSc1c(F)cccc1-2)N1CCOCC1. The lowest BCUT2D eigenvalue weighted by Gasteiger charge is -2.26. The van der Waals surface area contributed by atoms with E-state index >= 15 is 0 Å². The summed E-state index contributed by atoms with van der Waals surface area (Å²) >= 11 is 1.41. The minimum atomic E-state index is -0.239. The van der Waals surface area contributed by atoms with E-state index in [4.69, 9.17) is 4.74 Å². The Morgan fingerprint density at radius 3 is 3.00 bits per heavy atom. The number of hydrogen-bond donors (Lipinski definition) is 1. The fourth-order valence-electron chi connectivity index (χ4n) is 2.82. The normalized spacial score (nSPS) is 17.0. The van der Waals surface area contributed by atoms with Gasteiger partial charge < -0.3 is 9.64 Å². The van der Waals surface area contributed by atoms with Gasteiger partial charge in [0, 0.05) is 30.0 Å². The van der Waals surface area contributed by atoms with Crippen molar-refractivity contribution in [2.45, 2.75) is 10.6 Å². The molecule has 2 aliphatic heterocycles. The summed E-state index contributed by atoms with van der Waals surface area (Å²) in [4.78, 5) is 15.0. The van der Waals surface area contributed by atoms with Crippen LogP contribution in [0.3, 0.4) is 0 Å². The molecule has 4 rings (SSSR count). The van der Waals surface area contributed by atoms with Crippen LogP contribution in [0.25, 0.3) is 11.3 Å². The zero-order chi connectivity index (χ0) is 15.1. The summed E-state index contributed by atoms with van der Waals surface area (Å²) in [5, 5.41) is 7.13. The highest BCUT2D eigenvalue weighted by atomic mass is 32.2. The monoisotopic (exact) mass is 319 g/mol. The molecule has 1 saturated heterocycles. The van der Waals surface area contributed by atoms with Gasteiger partial charge in [0.25, 0.3) is 5.91 Å². The number of carbonyl (C=O) groups excluding carboxylic acids is 1. The maximum Gasteiger partial charge on any atom is 0.272 e. The van der Waals surface area contributed by atoms with E-state index in [1.165, 1.54) is 17.8 Å². The molecule has 1 fully saturated rings. The van der Waals surface area contributed by atoms with Crippen LogP contribution in [0.15, 0.2) is 23.1 Å². The van der Waals surface area contributed by atoms with Crippen LogP contribution < -0.4 is 0 Å². The Labute approximate surface area is 130 Å². The molecule has 0 spiro atoms. The molecular weight excluding hydrogens is 305 g/mol. The molecule has 0 atom stereocenters. The first-order chi connectivity index (χ1) is 10.8. The number of aromatic amines is 1. The minimum Gasteiger partial charge on any atom is -0.378 e. The lowest BCUT2D eigenvalue weighted by molar-refractivity contribution is 0.0298. The van der Waals surface area contributed by atoms with Crippen molar-refractivity contribution in [1.82, 2.24) is 15.1 Å². The third-order valence-electron chi connectivity index (χ3n) is 3.96. The number of fused-ring (bicyclic) bond motifs is 3. The smallest absolute Gasteiger partial charge is 0.272 e. The van der Waals surface area contributed by atoms with Crippen LogP contribution >= 0.6 is 11.8 Å². The molecular formula is C15H14FN3O2S. The molecule has 1 aromatic heterocycles. The molecule has 2 aliphatic rings. The Morgan fingerprint density at radius 1 is 1.36 bits per heavy atom. The van der Waals surface area contributed by atoms with Gasteiger partial charge in [-0.15, -0.1) is 11.8 Å². The summed E-state index contributed by atoms with van der Waals surface area (Å²) < 4.78 is 19.1. The van der Waals surface area contributed by atoms with E-state index in [2.05, 4.69) is 10.2 Å². The van der Waals surface area contributed by atoms with Crippen LogP contribution in [0.4, 0.5) is 4.39 Å². The Hall–Kier alpha value is -1.86. The summed E-state index contributed by atoms with van der Waals surface area (Å²) in [5.74, 6) is 0.250. The largest absolute Gasteiger partial charge is 0.378 e. The first-order valence-corrected chi connectivity index (χ1v) is 8.10. The standard InChI is InChI=1S/C15H14FN3O2S/c16-11-3-1-2-9-12-10(8-22-14(9)11)13(18-17-12)15(20)19-4-6-21-7-5-19/h1-3H,4-8H2,(H,17,18). The van der Waals surface area contributed by atoms with Crippen molar-refractivity contribution in [1.29, 1.82) is 0 Å². The summed E-state index contributed by atoms with van der Waals surface area (Å²) in [6.07, 6.45) is 0. The number of amides is 1. The van der Waals surface area contributed by atoms with Crippen molar-refractivity contribution in [3.8, 4) is 11.3 Å². The van der Waals surface area contributed by atoms with E-state index in [1.54, 1.807) is 11.0 Å². The fourth-order valence-corrected chi connectivity index (χ4v) is 3.91. The zero-order valence-electron chi connectivity index (χ0n) is 11.8. The van der Waals surface area contributed by atoms with Gasteiger partial charge in [-0.1, -0.05) is 12.1 Å². The average Bonchev–Trinajstić information content (AvgIpc) is 3.00. The van der Waals surface area contributed by atoms with Gasteiger partial charge in [0.15, 0.2) is 0 Å². The number of ether oxygens (including phenoxy) is 1. The molecule has 0 radical (unpaired) electrons. The predicted octanol–water partition coefficient (Wildman–Crippen LogP) is 2.29. The van der Waals surface area contributed by atoms with Crippen molar-refractivity contribution in [2.75, 3.05) is 26.3 Å². The van der Waals surface area contributed by atoms with Gasteiger partial charge >= 0.3 is 0 Å². The first kappa shape index (κ1) is 13.8. The summed E-state index contributed by atoms with van der Waals surface area (Å²) in [7, 11) is 0. The average molecular weight is 319 g/mol. The van der Waals surface area contributed by atoms with Crippen molar-refractivity contribution < 1.29 is 13.9 Å². The highest BCUT2D eigenvalue weighted by Crippen LogP contribution is 2.42. The van der Waals surface area contributed by atoms with Crippen LogP contribution in [0.5, 0.6) is 0 Å². The predicted molar refractivity (Wildman–Crippen MR) is 80.3 cm³/mol. The maximum atomic E-state index is 13.9. The number of H-pyrrole nitrogens is 1. The van der Waals surface area contributed by atoms with Crippen LogP contribution in [0.1, 0.15) is 16.1 Å². The van der Waals surface area contributed by atoms with Gasteiger partial charge in [0.1, 0.15) is 11.5 Å². The topological polar surface area (TPSA) is 58.2 Å². The number of thioether (sulfide) groups is 1. The maximum absolute atomic E-state index is 13.9. The molecule has 7 heteroatoms. The van der Waals surface area contributed by atoms with Crippen LogP contribution in [-0.2, 0) is 10.5 Å². The number of carbonyl (C=O) groups is 1. The van der Waals surface area contributed by atoms with Crippen molar-refractivity contribution in [3.63, 3.8) is 0 Å². The molecule has 1 N–H and O–H groups in total. The lowest BCUT2D eigenvalue weighted by atomic mass is 10.1. The number of hydrogen-bond acceptors (Lipinski definition) is 4. The van der Waals surface area contributed by atoms with Crippen LogP contribution in [0.2, 0.25) is 0 Å². The molecule has 114 valence electrons. The molecule has 0 saturated carbocycles. The zero-order valence-corrected chi connectivity index (χ0v) is 12.6. The Balaban J connectivity index is 1.72. The molecule has 1 amide bonds. The van der Waals surface area contributed by atoms with Gasteiger partial charge in [-0.3, -0.25) is 9.89 Å². The number of rotatable bonds is 1. The van der Waals surface area contributed by atoms with Crippen molar-refractivity contribution in [3.05, 3.63) is 35.3 Å². The van der Waals surface area contributed by atoms with E-state index in [1.807, 2.05) is 6.07 Å². The number of benzene rings is 1. The fraction of sp³-hybridized carbons (Fsp3) is 0.333. The third-order valence-corrected chi connectivity index (χ3v) is 5.10. The molecule has 3 heterocycles. The van der Waals surface area contributed by atoms with Crippen LogP contribution in [0, 0.1) is 5.82 Å². The number of nitrogens with zero attached hydrogens (tertiary/aromatic N) is 2. The van der Waals surface area contributed by atoms with E-state index in [-0.39, 0.29) is 11.7 Å². The quantitative estimate of drug-likeness (QED) is 0.876. The lowest BCUT2D eigenvalue weighted by Crippen LogP contribution is -2.41. The summed E-state index contributed by atoms with van der Waals surface area (Å²) in [5.41, 5.74) is 2.81. The molecule has 0 aliphatic carbocycles. The summed E-state index contributed by atoms with van der Waals surface area (Å²) in [6.45, 7) is 2.30. The van der Waals surface area contributed by atoms with E-state index in [9.17, 15) is 9.18 Å². The summed E-state index contributed by atoms with van der Waals surface area (Å²) in [6, 6.07) is 4.96. The molecule has 0 unspecified atom stereocenters. The Morgan fingerprint density at radius 2 is 2.18 bits per heavy atom. The van der Waals surface area contributed by atoms with E-state index in [0.717, 1.165) is 11.1 Å². The Bertz CT molecular complexity index is 740. The van der Waals surface area contributed by atoms with E-state index < -0.39 is 0 Å². The van der Waals surface area contributed by atoms with Gasteiger partial charge in [-0.25, -0.2) is 4.39 Å². The second-order valence-electron chi connectivity index (χ2n) is 5.24. The van der Waals surface area contributed by atoms with Crippen molar-refractivity contribution in [2.24, 2.45) is 0 Å². The number of nitrogens with one attached hydrogen (secondary N) is 1. The highest BCUT2D eigenvalue weighted by Gasteiger charge is 2.29. The third kappa shape index (κ3) is 2.12. The molecule has 5 nitrogen and oxygen atoms in total. The Kier molecular flexibility index (Phi) is 3.38. The molecule has 0 bridgehead atoms. The van der Waals surface area contributed by atoms with E-state index in [0.29, 0.717) is 48.3 Å².